The lowest BCUT2D eigenvalue weighted by molar-refractivity contribution is -0.138. The molecule has 0 fully saturated rings. The molecular weight excluding hydrogens is 186 g/mol. The monoisotopic (exact) mass is 203 g/mol. The van der Waals surface area contributed by atoms with Gasteiger partial charge in [-0.3, -0.25) is 9.59 Å². The topological polar surface area (TPSA) is 86.6 Å². The first kappa shape index (κ1) is 12.9. The Morgan fingerprint density at radius 2 is 2.00 bits per heavy atom. The lowest BCUT2D eigenvalue weighted by Crippen LogP contribution is -2.27. The van der Waals surface area contributed by atoms with Crippen molar-refractivity contribution in [1.29, 1.82) is 0 Å². The molecule has 3 N–H and O–H groups in total. The van der Waals surface area contributed by atoms with E-state index in [0.717, 1.165) is 0 Å². The van der Waals surface area contributed by atoms with Gasteiger partial charge >= 0.3 is 5.97 Å². The van der Waals surface area contributed by atoms with Crippen LogP contribution in [-0.4, -0.2) is 35.2 Å². The summed E-state index contributed by atoms with van der Waals surface area (Å²) in [5, 5.41) is 19.5. The van der Waals surface area contributed by atoms with Gasteiger partial charge in [-0.25, -0.2) is 0 Å². The van der Waals surface area contributed by atoms with E-state index in [1.807, 2.05) is 0 Å². The number of carboxylic acids is 1. The van der Waals surface area contributed by atoms with E-state index in [1.54, 1.807) is 6.92 Å². The molecule has 0 spiro atoms. The molecule has 0 radical (unpaired) electrons. The van der Waals surface area contributed by atoms with Crippen molar-refractivity contribution < 1.29 is 19.8 Å². The molecule has 0 aromatic carbocycles. The highest BCUT2D eigenvalue weighted by atomic mass is 16.4. The van der Waals surface area contributed by atoms with Gasteiger partial charge in [0.05, 0.1) is 0 Å². The molecule has 5 heteroatoms. The number of carbonyl (C=O) groups is 2. The predicted molar refractivity (Wildman–Crippen MR) is 50.7 cm³/mol. The number of aliphatic hydroxyl groups excluding tert-OH is 1. The molecule has 0 bridgehead atoms. The molecule has 0 saturated heterocycles. The van der Waals surface area contributed by atoms with E-state index in [2.05, 4.69) is 5.32 Å². The minimum Gasteiger partial charge on any atom is -0.481 e. The molecule has 0 aliphatic carbocycles. The molecule has 0 aliphatic rings. The highest BCUT2D eigenvalue weighted by Crippen LogP contribution is 2.06. The molecule has 1 amide bonds. The Morgan fingerprint density at radius 3 is 2.50 bits per heavy atom. The van der Waals surface area contributed by atoms with Crippen LogP contribution in [0.5, 0.6) is 0 Å². The number of carbonyl (C=O) groups excluding carboxylic acids is 1. The van der Waals surface area contributed by atoms with Crippen molar-refractivity contribution in [2.24, 2.45) is 5.92 Å². The third kappa shape index (κ3) is 7.54. The molecule has 14 heavy (non-hydrogen) atoms. The Hall–Kier alpha value is -1.10. The molecule has 0 aromatic rings. The number of aliphatic hydroxyl groups is 1. The molecule has 0 aromatic heterocycles. The van der Waals surface area contributed by atoms with Crippen molar-refractivity contribution in [3.8, 4) is 0 Å². The highest BCUT2D eigenvalue weighted by molar-refractivity contribution is 5.77. The predicted octanol–water partition coefficient (Wildman–Crippen LogP) is -0.0141. The minimum atomic E-state index is -0.888. The number of aliphatic carboxylic acids is 1. The van der Waals surface area contributed by atoms with Crippen molar-refractivity contribution in [2.45, 2.75) is 26.2 Å². The zero-order chi connectivity index (χ0) is 11.0. The van der Waals surface area contributed by atoms with E-state index >= 15 is 0 Å². The van der Waals surface area contributed by atoms with Gasteiger partial charge in [0.2, 0.25) is 5.91 Å². The van der Waals surface area contributed by atoms with Crippen molar-refractivity contribution >= 4 is 11.9 Å². The van der Waals surface area contributed by atoms with E-state index in [1.165, 1.54) is 0 Å². The van der Waals surface area contributed by atoms with Gasteiger partial charge in [0, 0.05) is 26.0 Å². The minimum absolute atomic E-state index is 0.00736. The highest BCUT2D eigenvalue weighted by Gasteiger charge is 2.11. The lowest BCUT2D eigenvalue weighted by Gasteiger charge is -2.08. The first-order valence-electron chi connectivity index (χ1n) is 4.65. The summed E-state index contributed by atoms with van der Waals surface area (Å²) >= 11 is 0. The van der Waals surface area contributed by atoms with Crippen LogP contribution >= 0.6 is 0 Å². The zero-order valence-corrected chi connectivity index (χ0v) is 8.32. The molecule has 82 valence electrons. The number of amides is 1. The van der Waals surface area contributed by atoms with Crippen molar-refractivity contribution in [2.75, 3.05) is 13.2 Å². The fourth-order valence-corrected chi connectivity index (χ4v) is 1.07. The van der Waals surface area contributed by atoms with E-state index in [9.17, 15) is 9.59 Å². The standard InChI is InChI=1S/C9H17NO4/c1-7(6-9(13)14)5-8(12)10-3-2-4-11/h7,11H,2-6H2,1H3,(H,10,12)(H,13,14). The summed E-state index contributed by atoms with van der Waals surface area (Å²) < 4.78 is 0. The quantitative estimate of drug-likeness (QED) is 0.508. The zero-order valence-electron chi connectivity index (χ0n) is 8.32. The van der Waals surface area contributed by atoms with Gasteiger partial charge in [-0.1, -0.05) is 6.92 Å². The SMILES string of the molecule is CC(CC(=O)O)CC(=O)NCCCO. The van der Waals surface area contributed by atoms with Crippen LogP contribution < -0.4 is 5.32 Å². The van der Waals surface area contributed by atoms with Crippen molar-refractivity contribution in [3.05, 3.63) is 0 Å². The average Bonchev–Trinajstić information content (AvgIpc) is 2.02. The summed E-state index contributed by atoms with van der Waals surface area (Å²) in [7, 11) is 0. The van der Waals surface area contributed by atoms with Gasteiger partial charge < -0.3 is 15.5 Å². The summed E-state index contributed by atoms with van der Waals surface area (Å²) in [6, 6.07) is 0. The summed E-state index contributed by atoms with van der Waals surface area (Å²) in [5.41, 5.74) is 0. The maximum absolute atomic E-state index is 11.1. The van der Waals surface area contributed by atoms with Crippen LogP contribution in [0.15, 0.2) is 0 Å². The first-order valence-corrected chi connectivity index (χ1v) is 4.65. The second-order valence-corrected chi connectivity index (χ2v) is 3.33. The van der Waals surface area contributed by atoms with E-state index in [4.69, 9.17) is 10.2 Å². The Morgan fingerprint density at radius 1 is 1.36 bits per heavy atom. The van der Waals surface area contributed by atoms with Crippen LogP contribution in [0, 0.1) is 5.92 Å². The van der Waals surface area contributed by atoms with Crippen LogP contribution in [-0.2, 0) is 9.59 Å². The normalized spacial score (nSPS) is 12.1. The Kier molecular flexibility index (Phi) is 6.74. The first-order chi connectivity index (χ1) is 6.56. The second-order valence-electron chi connectivity index (χ2n) is 3.33. The summed E-state index contributed by atoms with van der Waals surface area (Å²) in [6.45, 7) is 2.21. The van der Waals surface area contributed by atoms with E-state index in [0.29, 0.717) is 13.0 Å². The van der Waals surface area contributed by atoms with Crippen LogP contribution in [0.2, 0.25) is 0 Å². The number of nitrogens with one attached hydrogen (secondary N) is 1. The van der Waals surface area contributed by atoms with E-state index in [-0.39, 0.29) is 31.3 Å². The number of carboxylic acid groups (broad SMARTS) is 1. The largest absolute Gasteiger partial charge is 0.481 e. The van der Waals surface area contributed by atoms with E-state index < -0.39 is 5.97 Å². The number of rotatable bonds is 7. The van der Waals surface area contributed by atoms with Crippen molar-refractivity contribution in [1.82, 2.24) is 5.32 Å². The molecular formula is C9H17NO4. The van der Waals surface area contributed by atoms with Crippen LogP contribution in [0.1, 0.15) is 26.2 Å². The van der Waals surface area contributed by atoms with Gasteiger partial charge in [0.25, 0.3) is 0 Å². The summed E-state index contributed by atoms with van der Waals surface area (Å²) in [4.78, 5) is 21.4. The van der Waals surface area contributed by atoms with Gasteiger partial charge in [0.1, 0.15) is 0 Å². The molecule has 1 unspecified atom stereocenters. The fourth-order valence-electron chi connectivity index (χ4n) is 1.07. The fraction of sp³-hybridized carbons (Fsp3) is 0.778. The number of hydrogen-bond acceptors (Lipinski definition) is 3. The second kappa shape index (κ2) is 7.32. The Labute approximate surface area is 83.1 Å². The smallest absolute Gasteiger partial charge is 0.303 e. The molecule has 0 aliphatic heterocycles. The Bertz CT molecular complexity index is 193. The third-order valence-corrected chi connectivity index (χ3v) is 1.71. The average molecular weight is 203 g/mol. The lowest BCUT2D eigenvalue weighted by atomic mass is 10.0. The van der Waals surface area contributed by atoms with Gasteiger partial charge in [-0.2, -0.15) is 0 Å². The van der Waals surface area contributed by atoms with Crippen LogP contribution in [0.4, 0.5) is 0 Å². The van der Waals surface area contributed by atoms with Crippen LogP contribution in [0.3, 0.4) is 0 Å². The molecule has 1 atom stereocenters. The summed E-state index contributed by atoms with van der Waals surface area (Å²) in [5.74, 6) is -1.20. The number of hydrogen-bond donors (Lipinski definition) is 3. The maximum Gasteiger partial charge on any atom is 0.303 e. The van der Waals surface area contributed by atoms with Crippen molar-refractivity contribution in [3.63, 3.8) is 0 Å². The molecule has 5 nitrogen and oxygen atoms in total. The molecule has 0 rings (SSSR count). The van der Waals surface area contributed by atoms with Gasteiger partial charge in [0.15, 0.2) is 0 Å². The summed E-state index contributed by atoms with van der Waals surface area (Å²) in [6.07, 6.45) is 0.754. The van der Waals surface area contributed by atoms with Gasteiger partial charge in [-0.15, -0.1) is 0 Å². The Balaban J connectivity index is 3.55. The maximum atomic E-state index is 11.1. The van der Waals surface area contributed by atoms with Gasteiger partial charge in [-0.05, 0) is 12.3 Å². The molecule has 0 saturated carbocycles. The third-order valence-electron chi connectivity index (χ3n) is 1.71. The molecule has 0 heterocycles. The van der Waals surface area contributed by atoms with Crippen LogP contribution in [0.25, 0.3) is 0 Å².